The molecule has 0 spiro atoms. The van der Waals surface area contributed by atoms with E-state index in [0.717, 1.165) is 11.3 Å². The average Bonchev–Trinajstić information content (AvgIpc) is 3.23. The first kappa shape index (κ1) is 19.8. The topological polar surface area (TPSA) is 70.7 Å². The molecule has 1 aromatic heterocycles. The fraction of sp³-hybridized carbons (Fsp3) is 0. The minimum absolute atomic E-state index is 0.331. The third-order valence-electron chi connectivity index (χ3n) is 4.55. The van der Waals surface area contributed by atoms with Crippen LogP contribution in [0.1, 0.15) is 11.1 Å². The van der Waals surface area contributed by atoms with Crippen LogP contribution in [-0.4, -0.2) is 15.7 Å². The first-order chi connectivity index (χ1) is 15.1. The molecule has 0 aliphatic heterocycles. The molecule has 150 valence electrons. The van der Waals surface area contributed by atoms with E-state index in [4.69, 9.17) is 5.26 Å². The fourth-order valence-corrected chi connectivity index (χ4v) is 3.07. The molecule has 3 aromatic carbocycles. The number of nitrogens with one attached hydrogen (secondary N) is 1. The van der Waals surface area contributed by atoms with Gasteiger partial charge >= 0.3 is 0 Å². The van der Waals surface area contributed by atoms with Crippen LogP contribution in [0.2, 0.25) is 0 Å². The lowest BCUT2D eigenvalue weighted by Crippen LogP contribution is -2.07. The normalized spacial score (nSPS) is 10.7. The smallest absolute Gasteiger partial charge is 0.248 e. The van der Waals surface area contributed by atoms with Crippen LogP contribution < -0.4 is 5.32 Å². The highest BCUT2D eigenvalue weighted by molar-refractivity contribution is 6.02. The molecule has 4 rings (SSSR count). The van der Waals surface area contributed by atoms with Gasteiger partial charge in [-0.25, -0.2) is 9.07 Å². The summed E-state index contributed by atoms with van der Waals surface area (Å²) in [5.41, 5.74) is 3.92. The van der Waals surface area contributed by atoms with Gasteiger partial charge in [0.25, 0.3) is 0 Å². The fourth-order valence-electron chi connectivity index (χ4n) is 3.07. The van der Waals surface area contributed by atoms with E-state index >= 15 is 0 Å². The largest absolute Gasteiger partial charge is 0.322 e. The van der Waals surface area contributed by atoms with Gasteiger partial charge < -0.3 is 5.32 Å². The van der Waals surface area contributed by atoms with E-state index in [1.807, 2.05) is 42.6 Å². The number of para-hydroxylation sites is 1. The van der Waals surface area contributed by atoms with Crippen molar-refractivity contribution in [2.24, 2.45) is 0 Å². The summed E-state index contributed by atoms with van der Waals surface area (Å²) in [4.78, 5) is 12.4. The Bertz CT molecular complexity index is 1290. The molecule has 31 heavy (non-hydrogen) atoms. The molecular formula is C25H17FN4O. The van der Waals surface area contributed by atoms with E-state index in [2.05, 4.69) is 10.4 Å². The van der Waals surface area contributed by atoms with Gasteiger partial charge in [-0.3, -0.25) is 4.79 Å². The molecule has 4 aromatic rings. The second kappa shape index (κ2) is 8.89. The molecule has 0 unspecified atom stereocenters. The lowest BCUT2D eigenvalue weighted by atomic mass is 10.1. The molecule has 1 amide bonds. The van der Waals surface area contributed by atoms with Crippen LogP contribution in [0.4, 0.5) is 10.1 Å². The molecule has 0 bridgehead atoms. The maximum absolute atomic E-state index is 13.4. The van der Waals surface area contributed by atoms with Crippen molar-refractivity contribution in [1.29, 1.82) is 5.26 Å². The number of nitrogens with zero attached hydrogens (tertiary/aromatic N) is 3. The minimum atomic E-state index is -0.340. The zero-order valence-electron chi connectivity index (χ0n) is 16.4. The van der Waals surface area contributed by atoms with Crippen LogP contribution in [0, 0.1) is 17.1 Å². The van der Waals surface area contributed by atoms with Gasteiger partial charge in [-0.05, 0) is 60.7 Å². The van der Waals surface area contributed by atoms with Gasteiger partial charge in [-0.1, -0.05) is 24.3 Å². The third-order valence-corrected chi connectivity index (χ3v) is 4.55. The molecule has 0 saturated carbocycles. The molecule has 5 nitrogen and oxygen atoms in total. The number of anilines is 1. The maximum atomic E-state index is 13.4. The van der Waals surface area contributed by atoms with Gasteiger partial charge in [0.15, 0.2) is 0 Å². The number of halogens is 1. The van der Waals surface area contributed by atoms with Crippen molar-refractivity contribution in [1.82, 2.24) is 9.78 Å². The summed E-state index contributed by atoms with van der Waals surface area (Å²) in [6, 6.07) is 24.3. The van der Waals surface area contributed by atoms with Crippen LogP contribution in [0.5, 0.6) is 0 Å². The summed E-state index contributed by atoms with van der Waals surface area (Å²) in [6.45, 7) is 0. The van der Waals surface area contributed by atoms with Crippen molar-refractivity contribution in [3.05, 3.63) is 108 Å². The van der Waals surface area contributed by atoms with E-state index in [1.165, 1.54) is 18.2 Å². The van der Waals surface area contributed by atoms with Crippen LogP contribution >= 0.6 is 0 Å². The number of benzene rings is 3. The zero-order chi connectivity index (χ0) is 21.6. The minimum Gasteiger partial charge on any atom is -0.322 e. The summed E-state index contributed by atoms with van der Waals surface area (Å²) < 4.78 is 15.1. The maximum Gasteiger partial charge on any atom is 0.248 e. The Morgan fingerprint density at radius 3 is 2.55 bits per heavy atom. The van der Waals surface area contributed by atoms with Crippen LogP contribution in [0.25, 0.3) is 23.0 Å². The number of hydrogen-bond acceptors (Lipinski definition) is 3. The first-order valence-corrected chi connectivity index (χ1v) is 9.52. The van der Waals surface area contributed by atoms with Gasteiger partial charge in [0.2, 0.25) is 5.91 Å². The Morgan fingerprint density at radius 1 is 1.03 bits per heavy atom. The van der Waals surface area contributed by atoms with E-state index in [9.17, 15) is 9.18 Å². The number of rotatable bonds is 5. The molecule has 6 heteroatoms. The summed E-state index contributed by atoms with van der Waals surface area (Å²) in [5, 5.41) is 16.4. The Morgan fingerprint density at radius 2 is 1.81 bits per heavy atom. The Labute approximate surface area is 178 Å². The molecule has 0 aliphatic carbocycles. The second-order valence-electron chi connectivity index (χ2n) is 6.74. The SMILES string of the molecule is N#Cc1cccc(NC(=O)/C=C/c2cn(-c3ccccc3)nc2-c2ccc(F)cc2)c1. The quantitative estimate of drug-likeness (QED) is 0.461. The molecular weight excluding hydrogens is 391 g/mol. The van der Waals surface area contributed by atoms with Crippen molar-refractivity contribution in [2.75, 3.05) is 5.32 Å². The van der Waals surface area contributed by atoms with E-state index < -0.39 is 0 Å². The monoisotopic (exact) mass is 408 g/mol. The molecule has 0 saturated heterocycles. The Balaban J connectivity index is 1.64. The van der Waals surface area contributed by atoms with Crippen molar-refractivity contribution in [3.8, 4) is 23.0 Å². The summed E-state index contributed by atoms with van der Waals surface area (Å²) in [7, 11) is 0. The van der Waals surface area contributed by atoms with Crippen molar-refractivity contribution in [2.45, 2.75) is 0 Å². The highest BCUT2D eigenvalue weighted by Gasteiger charge is 2.11. The van der Waals surface area contributed by atoms with Gasteiger partial charge in [-0.15, -0.1) is 0 Å². The number of nitriles is 1. The summed E-state index contributed by atoms with van der Waals surface area (Å²) >= 11 is 0. The first-order valence-electron chi connectivity index (χ1n) is 9.52. The van der Waals surface area contributed by atoms with Gasteiger partial charge in [0, 0.05) is 29.1 Å². The lowest BCUT2D eigenvalue weighted by Gasteiger charge is -2.02. The number of hydrogen-bond donors (Lipinski definition) is 1. The van der Waals surface area contributed by atoms with E-state index in [0.29, 0.717) is 22.5 Å². The Hall–Kier alpha value is -4.50. The molecule has 0 fully saturated rings. The highest BCUT2D eigenvalue weighted by Crippen LogP contribution is 2.25. The molecule has 0 atom stereocenters. The highest BCUT2D eigenvalue weighted by atomic mass is 19.1. The molecule has 0 radical (unpaired) electrons. The molecule has 1 N–H and O–H groups in total. The number of carbonyl (C=O) groups is 1. The van der Waals surface area contributed by atoms with Crippen LogP contribution in [0.3, 0.4) is 0 Å². The average molecular weight is 408 g/mol. The van der Waals surface area contributed by atoms with Crippen molar-refractivity contribution in [3.63, 3.8) is 0 Å². The van der Waals surface area contributed by atoms with Crippen LogP contribution in [-0.2, 0) is 4.79 Å². The number of carbonyl (C=O) groups excluding carboxylic acids is 1. The van der Waals surface area contributed by atoms with Crippen molar-refractivity contribution < 1.29 is 9.18 Å². The van der Waals surface area contributed by atoms with E-state index in [1.54, 1.807) is 47.2 Å². The number of amides is 1. The molecule has 0 aliphatic rings. The third kappa shape index (κ3) is 4.74. The Kier molecular flexibility index (Phi) is 5.68. The predicted octanol–water partition coefficient (Wildman–Crippen LogP) is 5.20. The molecule has 1 heterocycles. The van der Waals surface area contributed by atoms with Gasteiger partial charge in [0.1, 0.15) is 5.82 Å². The summed E-state index contributed by atoms with van der Waals surface area (Å²) in [6.07, 6.45) is 4.88. The second-order valence-corrected chi connectivity index (χ2v) is 6.74. The standard InChI is InChI=1S/C25H17FN4O/c26-21-12-9-19(10-13-21)25-20(17-30(29-25)23-7-2-1-3-8-23)11-14-24(31)28-22-6-4-5-18(15-22)16-27/h1-15,17H,(H,28,31)/b14-11+. The lowest BCUT2D eigenvalue weighted by molar-refractivity contribution is -0.111. The summed E-state index contributed by atoms with van der Waals surface area (Å²) in [5.74, 6) is -0.671. The van der Waals surface area contributed by atoms with Crippen molar-refractivity contribution >= 4 is 17.7 Å². The van der Waals surface area contributed by atoms with Gasteiger partial charge in [0.05, 0.1) is 23.0 Å². The van der Waals surface area contributed by atoms with E-state index in [-0.39, 0.29) is 11.7 Å². The predicted molar refractivity (Wildman–Crippen MR) is 118 cm³/mol. The van der Waals surface area contributed by atoms with Crippen LogP contribution in [0.15, 0.2) is 91.1 Å². The zero-order valence-corrected chi connectivity index (χ0v) is 16.4. The van der Waals surface area contributed by atoms with Gasteiger partial charge in [-0.2, -0.15) is 10.4 Å². The number of aromatic nitrogens is 2.